The van der Waals surface area contributed by atoms with Gasteiger partial charge in [0.1, 0.15) is 12.4 Å². The highest BCUT2D eigenvalue weighted by atomic mass is 35.5. The van der Waals surface area contributed by atoms with Crippen LogP contribution in [0.4, 0.5) is 4.79 Å². The van der Waals surface area contributed by atoms with Crippen LogP contribution in [0.5, 0.6) is 5.75 Å². The Bertz CT molecular complexity index is 1260. The van der Waals surface area contributed by atoms with Crippen molar-refractivity contribution in [2.45, 2.75) is 13.2 Å². The molecule has 1 aliphatic rings. The molecule has 4 rings (SSSR count). The second kappa shape index (κ2) is 10.4. The standard InChI is InChI=1S/C24H15Cl4NO3S/c25-17-7-6-15(19(27)10-17)12-29-23(30)21(33-24(29)31)9-16-8-18(26)11-20(28)22(16)32-13-14-4-2-1-3-5-14/h1-11H,12-13H2/b21-9-. The van der Waals surface area contributed by atoms with Gasteiger partial charge in [0.25, 0.3) is 11.1 Å². The Labute approximate surface area is 215 Å². The Morgan fingerprint density at radius 3 is 2.33 bits per heavy atom. The molecule has 0 atom stereocenters. The molecule has 0 saturated carbocycles. The summed E-state index contributed by atoms with van der Waals surface area (Å²) in [6, 6.07) is 17.7. The van der Waals surface area contributed by atoms with E-state index in [1.807, 2.05) is 30.3 Å². The van der Waals surface area contributed by atoms with Gasteiger partial charge >= 0.3 is 0 Å². The smallest absolute Gasteiger partial charge is 0.293 e. The topological polar surface area (TPSA) is 46.6 Å². The molecule has 0 unspecified atom stereocenters. The Hall–Kier alpha value is -2.15. The summed E-state index contributed by atoms with van der Waals surface area (Å²) in [5, 5.41) is 1.13. The Morgan fingerprint density at radius 1 is 0.879 bits per heavy atom. The number of hydrogen-bond donors (Lipinski definition) is 0. The number of halogens is 4. The molecule has 4 nitrogen and oxygen atoms in total. The summed E-state index contributed by atoms with van der Waals surface area (Å²) in [4.78, 5) is 26.9. The highest BCUT2D eigenvalue weighted by molar-refractivity contribution is 8.18. The Morgan fingerprint density at radius 2 is 1.61 bits per heavy atom. The molecule has 2 amide bonds. The summed E-state index contributed by atoms with van der Waals surface area (Å²) in [5.41, 5.74) is 2.07. The average molecular weight is 539 g/mol. The molecule has 0 aliphatic carbocycles. The van der Waals surface area contributed by atoms with E-state index in [2.05, 4.69) is 0 Å². The van der Waals surface area contributed by atoms with Crippen molar-refractivity contribution in [3.05, 3.63) is 102 Å². The number of ether oxygens (including phenoxy) is 1. The van der Waals surface area contributed by atoms with Crippen LogP contribution in [-0.2, 0) is 17.9 Å². The van der Waals surface area contributed by atoms with Gasteiger partial charge in [-0.15, -0.1) is 0 Å². The van der Waals surface area contributed by atoms with E-state index >= 15 is 0 Å². The highest BCUT2D eigenvalue weighted by Gasteiger charge is 2.35. The number of hydrogen-bond acceptors (Lipinski definition) is 4. The van der Waals surface area contributed by atoms with Gasteiger partial charge in [-0.25, -0.2) is 0 Å². The van der Waals surface area contributed by atoms with Gasteiger partial charge in [-0.05, 0) is 53.2 Å². The van der Waals surface area contributed by atoms with Gasteiger partial charge in [-0.1, -0.05) is 82.8 Å². The maximum absolute atomic E-state index is 13.0. The maximum atomic E-state index is 13.0. The van der Waals surface area contributed by atoms with Gasteiger partial charge in [-0.2, -0.15) is 0 Å². The normalized spacial score (nSPS) is 14.9. The minimum Gasteiger partial charge on any atom is -0.487 e. The molecule has 0 bridgehead atoms. The lowest BCUT2D eigenvalue weighted by Crippen LogP contribution is -2.27. The third-order valence-corrected chi connectivity index (χ3v) is 6.76. The first-order chi connectivity index (χ1) is 15.8. The van der Waals surface area contributed by atoms with Gasteiger partial charge in [0.2, 0.25) is 0 Å². The number of thioether (sulfide) groups is 1. The predicted molar refractivity (Wildman–Crippen MR) is 135 cm³/mol. The predicted octanol–water partition coefficient (Wildman–Crippen LogP) is 8.12. The van der Waals surface area contributed by atoms with Crippen LogP contribution >= 0.6 is 58.2 Å². The summed E-state index contributed by atoms with van der Waals surface area (Å²) in [7, 11) is 0. The summed E-state index contributed by atoms with van der Waals surface area (Å²) in [6.07, 6.45) is 1.56. The molecule has 168 valence electrons. The minimum atomic E-state index is -0.443. The van der Waals surface area contributed by atoms with E-state index in [0.29, 0.717) is 37.0 Å². The molecule has 1 heterocycles. The van der Waals surface area contributed by atoms with Crippen LogP contribution in [0.1, 0.15) is 16.7 Å². The first-order valence-corrected chi connectivity index (χ1v) is 12.0. The van der Waals surface area contributed by atoms with Gasteiger partial charge < -0.3 is 4.74 Å². The first-order valence-electron chi connectivity index (χ1n) is 9.67. The second-order valence-electron chi connectivity index (χ2n) is 7.08. The van der Waals surface area contributed by atoms with Gasteiger partial charge in [-0.3, -0.25) is 14.5 Å². The Kier molecular flexibility index (Phi) is 7.57. The van der Waals surface area contributed by atoms with Gasteiger partial charge in [0.15, 0.2) is 0 Å². The lowest BCUT2D eigenvalue weighted by Gasteiger charge is -2.14. The van der Waals surface area contributed by atoms with Crippen molar-refractivity contribution in [1.82, 2.24) is 4.90 Å². The van der Waals surface area contributed by atoms with E-state index in [0.717, 1.165) is 22.2 Å². The molecule has 1 saturated heterocycles. The SMILES string of the molecule is O=C1S/C(=C\c2cc(Cl)cc(Cl)c2OCc2ccccc2)C(=O)N1Cc1ccc(Cl)cc1Cl. The molecule has 0 aromatic heterocycles. The number of amides is 2. The molecular weight excluding hydrogens is 524 g/mol. The van der Waals surface area contributed by atoms with Crippen molar-refractivity contribution in [3.8, 4) is 5.75 Å². The van der Waals surface area contributed by atoms with Crippen molar-refractivity contribution in [2.75, 3.05) is 0 Å². The average Bonchev–Trinajstić information content (AvgIpc) is 3.03. The molecule has 3 aromatic carbocycles. The van der Waals surface area contributed by atoms with E-state index < -0.39 is 11.1 Å². The molecule has 1 fully saturated rings. The summed E-state index contributed by atoms with van der Waals surface area (Å²) in [5.74, 6) is -0.0708. The van der Waals surface area contributed by atoms with E-state index in [-0.39, 0.29) is 18.1 Å². The second-order valence-corrected chi connectivity index (χ2v) is 9.76. The van der Waals surface area contributed by atoms with Crippen LogP contribution in [0.2, 0.25) is 20.1 Å². The number of nitrogens with zero attached hydrogens (tertiary/aromatic N) is 1. The van der Waals surface area contributed by atoms with E-state index in [1.165, 1.54) is 0 Å². The number of benzene rings is 3. The zero-order valence-corrected chi connectivity index (χ0v) is 20.7. The van der Waals surface area contributed by atoms with Crippen LogP contribution in [0, 0.1) is 0 Å². The fourth-order valence-electron chi connectivity index (χ4n) is 3.17. The van der Waals surface area contributed by atoms with Crippen LogP contribution in [-0.4, -0.2) is 16.0 Å². The van der Waals surface area contributed by atoms with Crippen molar-refractivity contribution in [3.63, 3.8) is 0 Å². The zero-order valence-electron chi connectivity index (χ0n) is 16.9. The van der Waals surface area contributed by atoms with E-state index in [4.69, 9.17) is 51.1 Å². The van der Waals surface area contributed by atoms with Crippen molar-refractivity contribution >= 4 is 75.4 Å². The molecular formula is C24H15Cl4NO3S. The minimum absolute atomic E-state index is 0.0334. The fourth-order valence-corrected chi connectivity index (χ4v) is 5.03. The summed E-state index contributed by atoms with van der Waals surface area (Å²) < 4.78 is 5.95. The van der Waals surface area contributed by atoms with Crippen LogP contribution < -0.4 is 4.74 Å². The molecule has 0 N–H and O–H groups in total. The van der Waals surface area contributed by atoms with Crippen LogP contribution in [0.15, 0.2) is 65.6 Å². The van der Waals surface area contributed by atoms with Crippen molar-refractivity contribution in [2.24, 2.45) is 0 Å². The first kappa shape index (κ1) is 24.0. The Balaban J connectivity index is 1.60. The molecule has 1 aliphatic heterocycles. The van der Waals surface area contributed by atoms with Crippen molar-refractivity contribution < 1.29 is 14.3 Å². The maximum Gasteiger partial charge on any atom is 0.293 e. The number of rotatable bonds is 6. The summed E-state index contributed by atoms with van der Waals surface area (Å²) in [6.45, 7) is 0.311. The van der Waals surface area contributed by atoms with Gasteiger partial charge in [0.05, 0.1) is 16.5 Å². The lowest BCUT2D eigenvalue weighted by molar-refractivity contribution is -0.123. The van der Waals surface area contributed by atoms with E-state index in [1.54, 1.807) is 36.4 Å². The number of carbonyl (C=O) groups is 2. The zero-order chi connectivity index (χ0) is 23.5. The third-order valence-electron chi connectivity index (χ3n) is 4.77. The van der Waals surface area contributed by atoms with Crippen LogP contribution in [0.25, 0.3) is 6.08 Å². The van der Waals surface area contributed by atoms with E-state index in [9.17, 15) is 9.59 Å². The summed E-state index contributed by atoms with van der Waals surface area (Å²) >= 11 is 25.5. The molecule has 0 radical (unpaired) electrons. The third kappa shape index (κ3) is 5.68. The number of carbonyl (C=O) groups excluding carboxylic acids is 2. The van der Waals surface area contributed by atoms with Crippen molar-refractivity contribution in [1.29, 1.82) is 0 Å². The molecule has 33 heavy (non-hydrogen) atoms. The lowest BCUT2D eigenvalue weighted by atomic mass is 10.1. The molecule has 0 spiro atoms. The quantitative estimate of drug-likeness (QED) is 0.297. The van der Waals surface area contributed by atoms with Crippen LogP contribution in [0.3, 0.4) is 0 Å². The molecule has 3 aromatic rings. The highest BCUT2D eigenvalue weighted by Crippen LogP contribution is 2.39. The van der Waals surface area contributed by atoms with Gasteiger partial charge in [0, 0.05) is 20.6 Å². The number of imide groups is 1. The fraction of sp³-hybridized carbons (Fsp3) is 0.0833. The largest absolute Gasteiger partial charge is 0.487 e. The molecule has 9 heteroatoms. The monoisotopic (exact) mass is 537 g/mol.